The summed E-state index contributed by atoms with van der Waals surface area (Å²) in [5, 5.41) is 0.187. The molecule has 12 heteroatoms. The molecule has 0 bridgehead atoms. The van der Waals surface area contributed by atoms with E-state index in [0.717, 1.165) is 0 Å². The number of cyclic esters (lactones) is 1. The van der Waals surface area contributed by atoms with E-state index >= 15 is 4.39 Å². The predicted molar refractivity (Wildman–Crippen MR) is 128 cm³/mol. The van der Waals surface area contributed by atoms with Crippen LogP contribution in [0.3, 0.4) is 0 Å². The minimum absolute atomic E-state index is 0.136. The quantitative estimate of drug-likeness (QED) is 0.646. The van der Waals surface area contributed by atoms with E-state index in [1.165, 1.54) is 29.2 Å². The lowest BCUT2D eigenvalue weighted by Gasteiger charge is -2.36. The summed E-state index contributed by atoms with van der Waals surface area (Å²) in [4.78, 5) is 35.4. The molecule has 10 nitrogen and oxygen atoms in total. The molecule has 0 radical (unpaired) electrons. The van der Waals surface area contributed by atoms with Gasteiger partial charge in [-0.1, -0.05) is 0 Å². The lowest BCUT2D eigenvalue weighted by Crippen LogP contribution is -2.49. The molecule has 0 aliphatic carbocycles. The number of nitrogens with two attached hydrogens (primary N) is 1. The van der Waals surface area contributed by atoms with Gasteiger partial charge in [-0.25, -0.2) is 14.2 Å². The van der Waals surface area contributed by atoms with Gasteiger partial charge in [-0.3, -0.25) is 14.6 Å². The second kappa shape index (κ2) is 9.67. The third-order valence-corrected chi connectivity index (χ3v) is 6.33. The number of likely N-dealkylation sites (N-methyl/N-ethyl adjacent to an activating group) is 1. The molecule has 0 spiro atoms. The van der Waals surface area contributed by atoms with Crippen LogP contribution in [0.5, 0.6) is 0 Å². The number of hydrogen-bond acceptors (Lipinski definition) is 8. The van der Waals surface area contributed by atoms with Crippen LogP contribution in [0.25, 0.3) is 0 Å². The Kier molecular flexibility index (Phi) is 6.68. The molecular formula is C22H25FN6O4S. The summed E-state index contributed by atoms with van der Waals surface area (Å²) >= 11 is 5.07. The molecule has 1 aromatic carbocycles. The number of halogens is 1. The van der Waals surface area contributed by atoms with Crippen molar-refractivity contribution >= 4 is 46.6 Å². The van der Waals surface area contributed by atoms with Gasteiger partial charge in [-0.05, 0) is 42.5 Å². The normalized spacial score (nSPS) is 18.0. The summed E-state index contributed by atoms with van der Waals surface area (Å²) in [6.45, 7) is 2.00. The van der Waals surface area contributed by atoms with Gasteiger partial charge in [0.1, 0.15) is 11.6 Å². The first kappa shape index (κ1) is 23.5. The predicted octanol–water partition coefficient (Wildman–Crippen LogP) is 1.91. The third-order valence-electron chi connectivity index (χ3n) is 5.87. The minimum atomic E-state index is -0.635. The van der Waals surface area contributed by atoms with Gasteiger partial charge in [0.2, 0.25) is 0 Å². The summed E-state index contributed by atoms with van der Waals surface area (Å²) < 4.78 is 25.4. The third kappa shape index (κ3) is 4.67. The van der Waals surface area contributed by atoms with E-state index in [9.17, 15) is 9.59 Å². The number of aromatic nitrogens is 1. The SMILES string of the molecule is COC(=S)N(C)C1CN(c2ccc(N3CCN(C(=O)c4ccc(N)nc4)CC3)c(F)c2)C(=O)O1. The Balaban J connectivity index is 1.39. The van der Waals surface area contributed by atoms with Crippen molar-refractivity contribution < 1.29 is 23.5 Å². The Morgan fingerprint density at radius 1 is 1.26 bits per heavy atom. The fraction of sp³-hybridized carbons (Fsp3) is 0.364. The Morgan fingerprint density at radius 3 is 2.62 bits per heavy atom. The number of thiocarbonyl (C=S) groups is 1. The number of carbonyl (C=O) groups excluding carboxylic acids is 2. The van der Waals surface area contributed by atoms with Gasteiger partial charge >= 0.3 is 6.09 Å². The summed E-state index contributed by atoms with van der Waals surface area (Å²) in [5.41, 5.74) is 6.84. The van der Waals surface area contributed by atoms with E-state index in [0.29, 0.717) is 48.9 Å². The number of benzene rings is 1. The molecule has 2 aliphatic rings. The number of piperazine rings is 1. The van der Waals surface area contributed by atoms with Crippen molar-refractivity contribution in [2.45, 2.75) is 6.23 Å². The molecule has 2 N–H and O–H groups in total. The molecule has 34 heavy (non-hydrogen) atoms. The first-order chi connectivity index (χ1) is 16.3. The van der Waals surface area contributed by atoms with Crippen molar-refractivity contribution in [3.05, 3.63) is 47.9 Å². The summed E-state index contributed by atoms with van der Waals surface area (Å²) in [7, 11) is 3.09. The molecular weight excluding hydrogens is 463 g/mol. The van der Waals surface area contributed by atoms with E-state index in [1.807, 2.05) is 4.90 Å². The number of ether oxygens (including phenoxy) is 2. The molecule has 1 aromatic heterocycles. The molecule has 180 valence electrons. The average molecular weight is 489 g/mol. The number of nitrogens with zero attached hydrogens (tertiary/aromatic N) is 5. The summed E-state index contributed by atoms with van der Waals surface area (Å²) in [5.74, 6) is -0.247. The number of anilines is 3. The second-order valence-corrected chi connectivity index (χ2v) is 8.27. The van der Waals surface area contributed by atoms with E-state index in [4.69, 9.17) is 27.4 Å². The number of pyridine rings is 1. The van der Waals surface area contributed by atoms with Crippen LogP contribution in [0.2, 0.25) is 0 Å². The highest BCUT2D eigenvalue weighted by molar-refractivity contribution is 7.80. The van der Waals surface area contributed by atoms with Crippen LogP contribution in [0.15, 0.2) is 36.5 Å². The largest absolute Gasteiger partial charge is 0.474 e. The zero-order chi connectivity index (χ0) is 24.4. The minimum Gasteiger partial charge on any atom is -0.474 e. The summed E-state index contributed by atoms with van der Waals surface area (Å²) in [6.07, 6.45) is 0.230. The standard InChI is InChI=1S/C22H25FN6O4S/c1-26(22(34)32-2)19-13-29(21(31)33-19)15-4-5-17(16(23)11-15)27-7-9-28(10-8-27)20(30)14-3-6-18(24)25-12-14/h3-6,11-12,19H,7-10,13H2,1-2H3,(H2,24,25). The first-order valence-corrected chi connectivity index (χ1v) is 11.0. The van der Waals surface area contributed by atoms with Crippen LogP contribution >= 0.6 is 12.2 Å². The molecule has 0 saturated carbocycles. The van der Waals surface area contributed by atoms with Crippen LogP contribution in [-0.4, -0.2) is 85.1 Å². The number of hydrogen-bond donors (Lipinski definition) is 1. The van der Waals surface area contributed by atoms with E-state index in [-0.39, 0.29) is 17.6 Å². The number of rotatable bonds is 4. The van der Waals surface area contributed by atoms with Gasteiger partial charge in [0.25, 0.3) is 11.1 Å². The van der Waals surface area contributed by atoms with Crippen molar-refractivity contribution in [3.8, 4) is 0 Å². The smallest absolute Gasteiger partial charge is 0.416 e. The van der Waals surface area contributed by atoms with E-state index in [1.54, 1.807) is 36.2 Å². The van der Waals surface area contributed by atoms with Crippen LogP contribution < -0.4 is 15.5 Å². The van der Waals surface area contributed by atoms with Crippen molar-refractivity contribution in [1.82, 2.24) is 14.8 Å². The first-order valence-electron chi connectivity index (χ1n) is 10.6. The fourth-order valence-corrected chi connectivity index (χ4v) is 4.02. The number of methoxy groups -OCH3 is 1. The van der Waals surface area contributed by atoms with Gasteiger partial charge in [0, 0.05) is 39.4 Å². The number of carbonyl (C=O) groups is 2. The average Bonchev–Trinajstić information content (AvgIpc) is 3.24. The molecule has 3 heterocycles. The molecule has 1 unspecified atom stereocenters. The van der Waals surface area contributed by atoms with Crippen LogP contribution in [-0.2, 0) is 9.47 Å². The van der Waals surface area contributed by atoms with E-state index < -0.39 is 18.1 Å². The van der Waals surface area contributed by atoms with Crippen LogP contribution in [0.4, 0.5) is 26.4 Å². The monoisotopic (exact) mass is 488 g/mol. The molecule has 2 amide bonds. The molecule has 2 saturated heterocycles. The Bertz CT molecular complexity index is 1090. The summed E-state index contributed by atoms with van der Waals surface area (Å²) in [6, 6.07) is 7.85. The van der Waals surface area contributed by atoms with Gasteiger partial charge in [0.05, 0.1) is 30.6 Å². The Labute approximate surface area is 201 Å². The maximum absolute atomic E-state index is 15.0. The molecule has 1 atom stereocenters. The van der Waals surface area contributed by atoms with Gasteiger partial charge < -0.3 is 25.0 Å². The van der Waals surface area contributed by atoms with Gasteiger partial charge in [0.15, 0.2) is 6.23 Å². The van der Waals surface area contributed by atoms with Crippen LogP contribution in [0, 0.1) is 5.82 Å². The highest BCUT2D eigenvalue weighted by Crippen LogP contribution is 2.29. The molecule has 2 fully saturated rings. The second-order valence-electron chi connectivity index (χ2n) is 7.92. The van der Waals surface area contributed by atoms with E-state index in [2.05, 4.69) is 4.98 Å². The maximum Gasteiger partial charge on any atom is 0.416 e. The lowest BCUT2D eigenvalue weighted by atomic mass is 10.2. The highest BCUT2D eigenvalue weighted by atomic mass is 32.1. The van der Waals surface area contributed by atoms with Gasteiger partial charge in [-0.15, -0.1) is 0 Å². The van der Waals surface area contributed by atoms with Crippen molar-refractivity contribution in [1.29, 1.82) is 0 Å². The fourth-order valence-electron chi connectivity index (χ4n) is 3.91. The van der Waals surface area contributed by atoms with Crippen molar-refractivity contribution in [2.24, 2.45) is 0 Å². The molecule has 2 aromatic rings. The highest BCUT2D eigenvalue weighted by Gasteiger charge is 2.36. The Morgan fingerprint density at radius 2 is 2.00 bits per heavy atom. The van der Waals surface area contributed by atoms with Gasteiger partial charge in [-0.2, -0.15) is 0 Å². The maximum atomic E-state index is 15.0. The lowest BCUT2D eigenvalue weighted by molar-refractivity contribution is 0.0677. The zero-order valence-corrected chi connectivity index (χ0v) is 19.6. The zero-order valence-electron chi connectivity index (χ0n) is 18.8. The Hall–Kier alpha value is -3.67. The molecule has 4 rings (SSSR count). The van der Waals surface area contributed by atoms with Crippen molar-refractivity contribution in [2.75, 3.05) is 62.4 Å². The van der Waals surface area contributed by atoms with Crippen LogP contribution in [0.1, 0.15) is 10.4 Å². The topological polar surface area (TPSA) is 104 Å². The molecule has 2 aliphatic heterocycles. The van der Waals surface area contributed by atoms with Crippen molar-refractivity contribution in [3.63, 3.8) is 0 Å². The number of amides is 2. The number of nitrogen functional groups attached to an aromatic ring is 1.